The Balaban J connectivity index is 1.40. The molecule has 0 bridgehead atoms. The van der Waals surface area contributed by atoms with Crippen LogP contribution in [-0.4, -0.2) is 51.1 Å². The molecule has 1 aliphatic heterocycles. The van der Waals surface area contributed by atoms with Gasteiger partial charge in [0.15, 0.2) is 5.96 Å². The van der Waals surface area contributed by atoms with Gasteiger partial charge in [-0.25, -0.2) is 0 Å². The van der Waals surface area contributed by atoms with Crippen molar-refractivity contribution in [3.63, 3.8) is 0 Å². The second-order valence-corrected chi connectivity index (χ2v) is 8.35. The molecule has 0 aliphatic carbocycles. The van der Waals surface area contributed by atoms with Crippen LogP contribution in [0, 0.1) is 5.92 Å². The van der Waals surface area contributed by atoms with Gasteiger partial charge in [-0.3, -0.25) is 9.89 Å². The molecular formula is C22H33N5S. The highest BCUT2D eigenvalue weighted by Gasteiger charge is 2.31. The zero-order valence-electron chi connectivity index (χ0n) is 17.0. The highest BCUT2D eigenvalue weighted by Crippen LogP contribution is 2.36. The van der Waals surface area contributed by atoms with Crippen LogP contribution in [0.25, 0.3) is 0 Å². The fraction of sp³-hybridized carbons (Fsp3) is 0.500. The standard InChI is InChI=1S/C22H33N5S/c1-23-22(25-14-8-13-24-19-10-4-3-5-11-19)26-17-18-9-6-15-27(2)21(18)20-12-7-16-28-20/h3-5,7,10-12,16,18,21,24H,6,8-9,13-15,17H2,1-2H3,(H2,23,25,26). The van der Waals surface area contributed by atoms with E-state index >= 15 is 0 Å². The number of para-hydroxylation sites is 1. The number of hydrogen-bond acceptors (Lipinski definition) is 4. The van der Waals surface area contributed by atoms with Gasteiger partial charge in [0, 0.05) is 43.3 Å². The number of thiophene rings is 1. The first-order valence-corrected chi connectivity index (χ1v) is 11.1. The maximum absolute atomic E-state index is 4.40. The van der Waals surface area contributed by atoms with Gasteiger partial charge >= 0.3 is 0 Å². The summed E-state index contributed by atoms with van der Waals surface area (Å²) in [5.74, 6) is 1.51. The Kier molecular flexibility index (Phi) is 8.18. The van der Waals surface area contributed by atoms with Crippen molar-refractivity contribution in [2.45, 2.75) is 25.3 Å². The topological polar surface area (TPSA) is 51.7 Å². The average molecular weight is 400 g/mol. The molecule has 152 valence electrons. The lowest BCUT2D eigenvalue weighted by Gasteiger charge is -2.39. The van der Waals surface area contributed by atoms with Gasteiger partial charge in [-0.15, -0.1) is 11.3 Å². The van der Waals surface area contributed by atoms with Crippen LogP contribution in [-0.2, 0) is 0 Å². The number of hydrogen-bond donors (Lipinski definition) is 3. The number of guanidine groups is 1. The number of nitrogens with zero attached hydrogens (tertiary/aromatic N) is 2. The zero-order chi connectivity index (χ0) is 19.6. The number of anilines is 1. The minimum Gasteiger partial charge on any atom is -0.385 e. The molecule has 1 saturated heterocycles. The van der Waals surface area contributed by atoms with E-state index in [0.29, 0.717) is 12.0 Å². The molecule has 5 nitrogen and oxygen atoms in total. The predicted octanol–water partition coefficient (Wildman–Crippen LogP) is 3.80. The summed E-state index contributed by atoms with van der Waals surface area (Å²) in [6.07, 6.45) is 3.57. The van der Waals surface area contributed by atoms with Crippen molar-refractivity contribution in [2.24, 2.45) is 10.9 Å². The molecule has 1 aliphatic rings. The third-order valence-electron chi connectivity index (χ3n) is 5.35. The second kappa shape index (κ2) is 11.1. The molecule has 0 radical (unpaired) electrons. The van der Waals surface area contributed by atoms with Crippen molar-refractivity contribution in [2.75, 3.05) is 45.6 Å². The van der Waals surface area contributed by atoms with Crippen LogP contribution in [0.15, 0.2) is 52.8 Å². The molecule has 6 heteroatoms. The monoisotopic (exact) mass is 399 g/mol. The molecule has 2 unspecified atom stereocenters. The summed E-state index contributed by atoms with van der Waals surface area (Å²) in [7, 11) is 4.10. The van der Waals surface area contributed by atoms with Crippen LogP contribution in [0.5, 0.6) is 0 Å². The van der Waals surface area contributed by atoms with Crippen LogP contribution in [0.1, 0.15) is 30.2 Å². The molecule has 2 heterocycles. The first kappa shape index (κ1) is 20.7. The van der Waals surface area contributed by atoms with E-state index in [2.05, 4.69) is 74.7 Å². The van der Waals surface area contributed by atoms with E-state index in [4.69, 9.17) is 0 Å². The number of likely N-dealkylation sites (tertiary alicyclic amines) is 1. The Hall–Kier alpha value is -2.05. The Morgan fingerprint density at radius 3 is 2.75 bits per heavy atom. The number of aliphatic imine (C=N–C) groups is 1. The van der Waals surface area contributed by atoms with Crippen LogP contribution in [0.3, 0.4) is 0 Å². The van der Waals surface area contributed by atoms with Crippen molar-refractivity contribution in [1.82, 2.24) is 15.5 Å². The Bertz CT molecular complexity index is 701. The van der Waals surface area contributed by atoms with Crippen LogP contribution >= 0.6 is 11.3 Å². The van der Waals surface area contributed by atoms with Gasteiger partial charge < -0.3 is 16.0 Å². The maximum atomic E-state index is 4.40. The van der Waals surface area contributed by atoms with Crippen molar-refractivity contribution < 1.29 is 0 Å². The maximum Gasteiger partial charge on any atom is 0.190 e. The van der Waals surface area contributed by atoms with Crippen LogP contribution < -0.4 is 16.0 Å². The van der Waals surface area contributed by atoms with Gasteiger partial charge in [-0.2, -0.15) is 0 Å². The minimum absolute atomic E-state index is 0.509. The SMILES string of the molecule is CN=C(NCCCNc1ccccc1)NCC1CCCN(C)C1c1cccs1. The van der Waals surface area contributed by atoms with E-state index in [0.717, 1.165) is 32.0 Å². The molecule has 3 N–H and O–H groups in total. The van der Waals surface area contributed by atoms with E-state index in [9.17, 15) is 0 Å². The molecule has 1 aromatic heterocycles. The predicted molar refractivity (Wildman–Crippen MR) is 121 cm³/mol. The number of rotatable bonds is 8. The molecule has 3 rings (SSSR count). The smallest absolute Gasteiger partial charge is 0.190 e. The second-order valence-electron chi connectivity index (χ2n) is 7.37. The summed E-state index contributed by atoms with van der Waals surface area (Å²) in [4.78, 5) is 8.38. The molecule has 28 heavy (non-hydrogen) atoms. The lowest BCUT2D eigenvalue weighted by atomic mass is 9.88. The minimum atomic E-state index is 0.509. The van der Waals surface area contributed by atoms with Gasteiger partial charge in [0.1, 0.15) is 0 Å². The summed E-state index contributed by atoms with van der Waals surface area (Å²) in [6.45, 7) is 3.98. The molecular weight excluding hydrogens is 366 g/mol. The lowest BCUT2D eigenvalue weighted by Crippen LogP contribution is -2.45. The van der Waals surface area contributed by atoms with Gasteiger partial charge in [-0.05, 0) is 62.4 Å². The van der Waals surface area contributed by atoms with E-state index in [1.54, 1.807) is 0 Å². The van der Waals surface area contributed by atoms with Gasteiger partial charge in [0.05, 0.1) is 0 Å². The first-order valence-electron chi connectivity index (χ1n) is 10.2. The van der Waals surface area contributed by atoms with Gasteiger partial charge in [0.25, 0.3) is 0 Å². The average Bonchev–Trinajstić information content (AvgIpc) is 3.25. The van der Waals surface area contributed by atoms with E-state index in [1.165, 1.54) is 30.0 Å². The largest absolute Gasteiger partial charge is 0.385 e. The highest BCUT2D eigenvalue weighted by molar-refractivity contribution is 7.10. The molecule has 0 amide bonds. The molecule has 2 atom stereocenters. The Morgan fingerprint density at radius 1 is 1.14 bits per heavy atom. The first-order chi connectivity index (χ1) is 13.8. The summed E-state index contributed by atoms with van der Waals surface area (Å²) in [5, 5.41) is 12.6. The van der Waals surface area contributed by atoms with Gasteiger partial charge in [0.2, 0.25) is 0 Å². The van der Waals surface area contributed by atoms with Crippen LogP contribution in [0.4, 0.5) is 5.69 Å². The Morgan fingerprint density at radius 2 is 2.00 bits per heavy atom. The lowest BCUT2D eigenvalue weighted by molar-refractivity contribution is 0.125. The molecule has 0 spiro atoms. The van der Waals surface area contributed by atoms with Crippen molar-refractivity contribution >= 4 is 23.0 Å². The third-order valence-corrected chi connectivity index (χ3v) is 6.29. The summed E-state index contributed by atoms with van der Waals surface area (Å²) in [6, 6.07) is 15.3. The number of piperidine rings is 1. The number of nitrogens with one attached hydrogen (secondary N) is 3. The van der Waals surface area contributed by atoms with E-state index in [-0.39, 0.29) is 0 Å². The zero-order valence-corrected chi connectivity index (χ0v) is 17.8. The summed E-state index contributed by atoms with van der Waals surface area (Å²) in [5.41, 5.74) is 1.17. The highest BCUT2D eigenvalue weighted by atomic mass is 32.1. The van der Waals surface area contributed by atoms with E-state index in [1.807, 2.05) is 24.5 Å². The quantitative estimate of drug-likeness (QED) is 0.359. The third kappa shape index (κ3) is 5.97. The van der Waals surface area contributed by atoms with Gasteiger partial charge in [-0.1, -0.05) is 24.3 Å². The summed E-state index contributed by atoms with van der Waals surface area (Å²) >= 11 is 1.87. The molecule has 2 aromatic rings. The summed E-state index contributed by atoms with van der Waals surface area (Å²) < 4.78 is 0. The number of benzene rings is 1. The normalized spacial score (nSPS) is 20.7. The Labute approximate surface area is 173 Å². The molecule has 1 aromatic carbocycles. The van der Waals surface area contributed by atoms with Crippen molar-refractivity contribution in [1.29, 1.82) is 0 Å². The van der Waals surface area contributed by atoms with E-state index < -0.39 is 0 Å². The fourth-order valence-corrected chi connectivity index (χ4v) is 4.90. The van der Waals surface area contributed by atoms with Crippen molar-refractivity contribution in [3.8, 4) is 0 Å². The van der Waals surface area contributed by atoms with Crippen molar-refractivity contribution in [3.05, 3.63) is 52.7 Å². The molecule has 1 fully saturated rings. The fourth-order valence-electron chi connectivity index (χ4n) is 3.91. The molecule has 0 saturated carbocycles. The van der Waals surface area contributed by atoms with Crippen LogP contribution in [0.2, 0.25) is 0 Å².